The molecule has 0 aliphatic carbocycles. The molecular weight excluding hydrogens is 362 g/mol. The van der Waals surface area contributed by atoms with Crippen molar-refractivity contribution in [3.8, 4) is 0 Å². The molecule has 0 saturated heterocycles. The quantitative estimate of drug-likeness (QED) is 0.701. The van der Waals surface area contributed by atoms with Crippen LogP contribution in [0.3, 0.4) is 0 Å². The monoisotopic (exact) mass is 379 g/mol. The summed E-state index contributed by atoms with van der Waals surface area (Å²) in [6.07, 6.45) is 1.46. The van der Waals surface area contributed by atoms with Gasteiger partial charge in [0.15, 0.2) is 0 Å². The van der Waals surface area contributed by atoms with Crippen LogP contribution < -0.4 is 10.2 Å². The van der Waals surface area contributed by atoms with E-state index in [-0.39, 0.29) is 17.5 Å². The maximum Gasteiger partial charge on any atom is 0.276 e. The predicted octanol–water partition coefficient (Wildman–Crippen LogP) is 4.65. The van der Waals surface area contributed by atoms with E-state index in [2.05, 4.69) is 10.3 Å². The molecule has 0 bridgehead atoms. The van der Waals surface area contributed by atoms with Crippen LogP contribution in [-0.4, -0.2) is 23.3 Å². The van der Waals surface area contributed by atoms with Crippen LogP contribution in [-0.2, 0) is 0 Å². The summed E-state index contributed by atoms with van der Waals surface area (Å²) >= 11 is 5.94. The van der Waals surface area contributed by atoms with Gasteiger partial charge in [0.25, 0.3) is 11.8 Å². The lowest BCUT2D eigenvalue weighted by Crippen LogP contribution is -2.31. The van der Waals surface area contributed by atoms with Crippen LogP contribution in [0.4, 0.5) is 11.4 Å². The molecule has 0 aliphatic rings. The van der Waals surface area contributed by atoms with Crippen LogP contribution in [0.15, 0.2) is 72.9 Å². The molecule has 5 nitrogen and oxygen atoms in total. The normalized spacial score (nSPS) is 10.3. The van der Waals surface area contributed by atoms with E-state index in [9.17, 15) is 9.59 Å². The van der Waals surface area contributed by atoms with E-state index in [4.69, 9.17) is 11.6 Å². The molecular formula is C21H18ClN3O2. The number of carbonyl (C=O) groups excluding carboxylic acids is 2. The topological polar surface area (TPSA) is 62.3 Å². The van der Waals surface area contributed by atoms with Gasteiger partial charge in [-0.15, -0.1) is 0 Å². The van der Waals surface area contributed by atoms with E-state index >= 15 is 0 Å². The van der Waals surface area contributed by atoms with Crippen LogP contribution in [0.25, 0.3) is 0 Å². The second-order valence-corrected chi connectivity index (χ2v) is 6.22. The summed E-state index contributed by atoms with van der Waals surface area (Å²) < 4.78 is 0. The molecule has 3 rings (SSSR count). The minimum atomic E-state index is -0.337. The molecule has 6 heteroatoms. The standard InChI is InChI=1S/C21H18ClN3O2/c1-2-25(18-9-4-3-5-10-18)21(27)19-13-15(11-12-23-19)20(26)24-17-8-6-7-16(22)14-17/h3-14H,2H2,1H3,(H,24,26). The summed E-state index contributed by atoms with van der Waals surface area (Å²) in [5.41, 5.74) is 1.91. The highest BCUT2D eigenvalue weighted by Crippen LogP contribution is 2.18. The Labute approximate surface area is 162 Å². The van der Waals surface area contributed by atoms with Gasteiger partial charge in [-0.2, -0.15) is 0 Å². The number of amides is 2. The molecule has 0 spiro atoms. The molecule has 0 radical (unpaired) electrons. The Kier molecular flexibility index (Phi) is 5.84. The van der Waals surface area contributed by atoms with E-state index in [0.717, 1.165) is 5.69 Å². The first-order valence-electron chi connectivity index (χ1n) is 8.48. The lowest BCUT2D eigenvalue weighted by Gasteiger charge is -2.20. The molecule has 0 aliphatic heterocycles. The number of rotatable bonds is 5. The van der Waals surface area contributed by atoms with Gasteiger partial charge in [-0.05, 0) is 49.4 Å². The van der Waals surface area contributed by atoms with Crippen molar-refractivity contribution in [1.82, 2.24) is 4.98 Å². The number of para-hydroxylation sites is 1. The first kappa shape index (κ1) is 18.6. The number of hydrogen-bond acceptors (Lipinski definition) is 3. The predicted molar refractivity (Wildman–Crippen MR) is 107 cm³/mol. The Morgan fingerprint density at radius 2 is 1.81 bits per heavy atom. The van der Waals surface area contributed by atoms with Crippen molar-refractivity contribution in [2.24, 2.45) is 0 Å². The fourth-order valence-corrected chi connectivity index (χ4v) is 2.84. The number of benzene rings is 2. The average Bonchev–Trinajstić information content (AvgIpc) is 2.69. The van der Waals surface area contributed by atoms with Gasteiger partial charge < -0.3 is 10.2 Å². The van der Waals surface area contributed by atoms with Crippen LogP contribution in [0.1, 0.15) is 27.8 Å². The van der Waals surface area contributed by atoms with Crippen LogP contribution >= 0.6 is 11.6 Å². The third-order valence-corrected chi connectivity index (χ3v) is 4.19. The first-order chi connectivity index (χ1) is 13.1. The second kappa shape index (κ2) is 8.47. The Bertz CT molecular complexity index is 960. The summed E-state index contributed by atoms with van der Waals surface area (Å²) in [5, 5.41) is 3.29. The smallest absolute Gasteiger partial charge is 0.276 e. The fraction of sp³-hybridized carbons (Fsp3) is 0.0952. The van der Waals surface area contributed by atoms with Gasteiger partial charge in [0.2, 0.25) is 0 Å². The van der Waals surface area contributed by atoms with E-state index in [0.29, 0.717) is 22.8 Å². The van der Waals surface area contributed by atoms with Gasteiger partial charge in [0, 0.05) is 34.7 Å². The summed E-state index contributed by atoms with van der Waals surface area (Å²) in [5.74, 6) is -0.599. The largest absolute Gasteiger partial charge is 0.322 e. The number of carbonyl (C=O) groups is 2. The lowest BCUT2D eigenvalue weighted by atomic mass is 10.2. The van der Waals surface area contributed by atoms with Crippen molar-refractivity contribution in [1.29, 1.82) is 0 Å². The van der Waals surface area contributed by atoms with Crippen LogP contribution in [0.5, 0.6) is 0 Å². The van der Waals surface area contributed by atoms with Crippen LogP contribution in [0.2, 0.25) is 5.02 Å². The highest BCUT2D eigenvalue weighted by Gasteiger charge is 2.19. The molecule has 1 aromatic heterocycles. The molecule has 0 unspecified atom stereocenters. The van der Waals surface area contributed by atoms with Crippen molar-refractivity contribution < 1.29 is 9.59 Å². The summed E-state index contributed by atoms with van der Waals surface area (Å²) in [7, 11) is 0. The number of nitrogens with zero attached hydrogens (tertiary/aromatic N) is 2. The third kappa shape index (κ3) is 4.51. The van der Waals surface area contributed by atoms with Crippen molar-refractivity contribution in [2.75, 3.05) is 16.8 Å². The Morgan fingerprint density at radius 1 is 1.04 bits per heavy atom. The second-order valence-electron chi connectivity index (χ2n) is 5.78. The molecule has 1 N–H and O–H groups in total. The summed E-state index contributed by atoms with van der Waals surface area (Å²) in [6.45, 7) is 2.38. The molecule has 0 fully saturated rings. The zero-order valence-corrected chi connectivity index (χ0v) is 15.5. The molecule has 136 valence electrons. The van der Waals surface area contributed by atoms with Crippen molar-refractivity contribution in [2.45, 2.75) is 6.92 Å². The number of halogens is 1. The van der Waals surface area contributed by atoms with Gasteiger partial charge in [-0.1, -0.05) is 35.9 Å². The molecule has 0 atom stereocenters. The lowest BCUT2D eigenvalue weighted by molar-refractivity contribution is 0.0983. The maximum absolute atomic E-state index is 12.9. The van der Waals surface area contributed by atoms with E-state index in [1.54, 1.807) is 35.2 Å². The Hall–Kier alpha value is -3.18. The summed E-state index contributed by atoms with van der Waals surface area (Å²) in [6, 6.07) is 19.3. The molecule has 2 amide bonds. The SMILES string of the molecule is CCN(C(=O)c1cc(C(=O)Nc2cccc(Cl)c2)ccn1)c1ccccc1. The average molecular weight is 380 g/mol. The van der Waals surface area contributed by atoms with Crippen molar-refractivity contribution in [3.63, 3.8) is 0 Å². The molecule has 0 saturated carbocycles. The molecule has 1 heterocycles. The number of anilines is 2. The number of pyridine rings is 1. The minimum Gasteiger partial charge on any atom is -0.322 e. The molecule has 27 heavy (non-hydrogen) atoms. The number of hydrogen-bond donors (Lipinski definition) is 1. The number of aromatic nitrogens is 1. The minimum absolute atomic E-state index is 0.208. The highest BCUT2D eigenvalue weighted by atomic mass is 35.5. The zero-order chi connectivity index (χ0) is 19.2. The van der Waals surface area contributed by atoms with Gasteiger partial charge in [-0.3, -0.25) is 14.6 Å². The first-order valence-corrected chi connectivity index (χ1v) is 8.86. The van der Waals surface area contributed by atoms with Crippen LogP contribution in [0, 0.1) is 0 Å². The molecule has 3 aromatic rings. The van der Waals surface area contributed by atoms with Gasteiger partial charge in [0.05, 0.1) is 0 Å². The van der Waals surface area contributed by atoms with E-state index in [1.807, 2.05) is 37.3 Å². The maximum atomic E-state index is 12.9. The zero-order valence-electron chi connectivity index (χ0n) is 14.7. The number of nitrogens with one attached hydrogen (secondary N) is 1. The van der Waals surface area contributed by atoms with Gasteiger partial charge in [0.1, 0.15) is 5.69 Å². The van der Waals surface area contributed by atoms with Crippen molar-refractivity contribution in [3.05, 3.63) is 89.2 Å². The van der Waals surface area contributed by atoms with Gasteiger partial charge >= 0.3 is 0 Å². The fourth-order valence-electron chi connectivity index (χ4n) is 2.65. The Morgan fingerprint density at radius 3 is 2.52 bits per heavy atom. The highest BCUT2D eigenvalue weighted by molar-refractivity contribution is 6.31. The Balaban J connectivity index is 1.82. The summed E-state index contributed by atoms with van der Waals surface area (Å²) in [4.78, 5) is 31.1. The van der Waals surface area contributed by atoms with E-state index < -0.39 is 0 Å². The third-order valence-electron chi connectivity index (χ3n) is 3.95. The molecule has 2 aromatic carbocycles. The van der Waals surface area contributed by atoms with Gasteiger partial charge in [-0.25, -0.2) is 0 Å². The van der Waals surface area contributed by atoms with E-state index in [1.165, 1.54) is 12.3 Å². The van der Waals surface area contributed by atoms with Crippen molar-refractivity contribution >= 4 is 34.8 Å².